The van der Waals surface area contributed by atoms with E-state index in [0.29, 0.717) is 12.0 Å². The smallest absolute Gasteiger partial charge is 0.134 e. The van der Waals surface area contributed by atoms with E-state index in [0.717, 1.165) is 11.6 Å². The van der Waals surface area contributed by atoms with Crippen molar-refractivity contribution in [3.63, 3.8) is 0 Å². The number of aromatic nitrogens is 2. The fourth-order valence-electron chi connectivity index (χ4n) is 2.56. The minimum atomic E-state index is 0.349. The van der Waals surface area contributed by atoms with Crippen LogP contribution in [-0.4, -0.2) is 16.7 Å². The second-order valence-electron chi connectivity index (χ2n) is 5.34. The van der Waals surface area contributed by atoms with Crippen LogP contribution in [0.2, 0.25) is 0 Å². The van der Waals surface area contributed by atoms with Crippen LogP contribution in [0.5, 0.6) is 0 Å². The number of hydrogen-bond donors (Lipinski definition) is 1. The predicted molar refractivity (Wildman–Crippen MR) is 77.1 cm³/mol. The Balaban J connectivity index is 1.95. The molecular formula is C14H25N3S. The lowest BCUT2D eigenvalue weighted by molar-refractivity contribution is 0.560. The molecule has 0 spiro atoms. The number of hydrogen-bond acceptors (Lipinski definition) is 4. The molecule has 0 saturated heterocycles. The van der Waals surface area contributed by atoms with Crippen LogP contribution in [0.25, 0.3) is 0 Å². The van der Waals surface area contributed by atoms with E-state index in [-0.39, 0.29) is 0 Å². The molecule has 0 aromatic carbocycles. The van der Waals surface area contributed by atoms with Gasteiger partial charge in [0.25, 0.3) is 0 Å². The molecule has 1 unspecified atom stereocenters. The van der Waals surface area contributed by atoms with Gasteiger partial charge >= 0.3 is 0 Å². The number of nitrogens with one attached hydrogen (secondary N) is 1. The van der Waals surface area contributed by atoms with Crippen LogP contribution in [0, 0.1) is 0 Å². The minimum absolute atomic E-state index is 0.349. The zero-order valence-corrected chi connectivity index (χ0v) is 12.4. The summed E-state index contributed by atoms with van der Waals surface area (Å²) >= 11 is 1.82. The molecule has 0 bridgehead atoms. The van der Waals surface area contributed by atoms with Crippen molar-refractivity contribution in [3.8, 4) is 0 Å². The predicted octanol–water partition coefficient (Wildman–Crippen LogP) is 4.04. The number of rotatable bonds is 5. The van der Waals surface area contributed by atoms with E-state index in [2.05, 4.69) is 29.4 Å². The first-order valence-corrected chi connectivity index (χ1v) is 8.19. The Morgan fingerprint density at radius 3 is 2.61 bits per heavy atom. The maximum atomic E-state index is 4.44. The van der Waals surface area contributed by atoms with Crippen LogP contribution in [0.1, 0.15) is 80.8 Å². The van der Waals surface area contributed by atoms with Crippen LogP contribution >= 0.6 is 11.3 Å². The van der Waals surface area contributed by atoms with Gasteiger partial charge in [0.1, 0.15) is 10.0 Å². The summed E-state index contributed by atoms with van der Waals surface area (Å²) in [6, 6.07) is 0.349. The fourth-order valence-corrected chi connectivity index (χ4v) is 3.60. The van der Waals surface area contributed by atoms with Crippen molar-refractivity contribution >= 4 is 11.3 Å². The maximum absolute atomic E-state index is 4.44. The van der Waals surface area contributed by atoms with Gasteiger partial charge in [0.05, 0.1) is 6.04 Å². The molecule has 2 rings (SSSR count). The number of nitrogens with zero attached hydrogens (tertiary/aromatic N) is 2. The SMILES string of the molecule is CCCNC(C)c1nnc(C2CCCCCC2)s1. The summed E-state index contributed by atoms with van der Waals surface area (Å²) in [5.41, 5.74) is 0. The molecule has 1 N–H and O–H groups in total. The third kappa shape index (κ3) is 3.75. The quantitative estimate of drug-likeness (QED) is 0.818. The van der Waals surface area contributed by atoms with Crippen LogP contribution < -0.4 is 5.32 Å². The Bertz CT molecular complexity index is 343. The highest BCUT2D eigenvalue weighted by Crippen LogP contribution is 2.34. The van der Waals surface area contributed by atoms with Gasteiger partial charge in [-0.15, -0.1) is 10.2 Å². The first-order chi connectivity index (χ1) is 8.81. The lowest BCUT2D eigenvalue weighted by Crippen LogP contribution is -2.19. The average molecular weight is 267 g/mol. The van der Waals surface area contributed by atoms with Crippen molar-refractivity contribution in [1.29, 1.82) is 0 Å². The Morgan fingerprint density at radius 2 is 1.94 bits per heavy atom. The largest absolute Gasteiger partial charge is 0.308 e. The van der Waals surface area contributed by atoms with Crippen molar-refractivity contribution < 1.29 is 0 Å². The molecule has 1 aliphatic carbocycles. The Kier molecular flexibility index (Phi) is 5.57. The van der Waals surface area contributed by atoms with E-state index >= 15 is 0 Å². The molecule has 1 fully saturated rings. The fraction of sp³-hybridized carbons (Fsp3) is 0.857. The summed E-state index contributed by atoms with van der Waals surface area (Å²) in [5.74, 6) is 0.678. The lowest BCUT2D eigenvalue weighted by Gasteiger charge is -2.10. The van der Waals surface area contributed by atoms with Crippen molar-refractivity contribution in [3.05, 3.63) is 10.0 Å². The second kappa shape index (κ2) is 7.19. The topological polar surface area (TPSA) is 37.8 Å². The van der Waals surface area contributed by atoms with E-state index in [4.69, 9.17) is 0 Å². The molecule has 1 atom stereocenters. The Labute approximate surface area is 114 Å². The van der Waals surface area contributed by atoms with Gasteiger partial charge in [0, 0.05) is 5.92 Å². The molecule has 3 nitrogen and oxygen atoms in total. The van der Waals surface area contributed by atoms with E-state index in [1.165, 1.54) is 50.0 Å². The zero-order chi connectivity index (χ0) is 12.8. The van der Waals surface area contributed by atoms with Gasteiger partial charge < -0.3 is 5.32 Å². The van der Waals surface area contributed by atoms with Gasteiger partial charge in [-0.05, 0) is 32.7 Å². The normalized spacial score (nSPS) is 19.7. The van der Waals surface area contributed by atoms with Gasteiger partial charge in [-0.25, -0.2) is 0 Å². The summed E-state index contributed by atoms with van der Waals surface area (Å²) in [4.78, 5) is 0. The monoisotopic (exact) mass is 267 g/mol. The Hall–Kier alpha value is -0.480. The molecule has 102 valence electrons. The zero-order valence-electron chi connectivity index (χ0n) is 11.6. The molecular weight excluding hydrogens is 242 g/mol. The van der Waals surface area contributed by atoms with Crippen LogP contribution in [0.4, 0.5) is 0 Å². The average Bonchev–Trinajstić information content (AvgIpc) is 2.72. The van der Waals surface area contributed by atoms with E-state index < -0.39 is 0 Å². The van der Waals surface area contributed by atoms with Crippen LogP contribution in [-0.2, 0) is 0 Å². The van der Waals surface area contributed by atoms with Gasteiger partial charge in [0.15, 0.2) is 0 Å². The van der Waals surface area contributed by atoms with E-state index in [9.17, 15) is 0 Å². The van der Waals surface area contributed by atoms with Gasteiger partial charge in [0.2, 0.25) is 0 Å². The molecule has 0 radical (unpaired) electrons. The molecule has 4 heteroatoms. The van der Waals surface area contributed by atoms with E-state index in [1.54, 1.807) is 0 Å². The molecule has 1 aromatic heterocycles. The van der Waals surface area contributed by atoms with Crippen molar-refractivity contribution in [2.75, 3.05) is 6.54 Å². The summed E-state index contributed by atoms with van der Waals surface area (Å²) < 4.78 is 0. The molecule has 1 heterocycles. The summed E-state index contributed by atoms with van der Waals surface area (Å²) in [7, 11) is 0. The standard InChI is InChI=1S/C14H25N3S/c1-3-10-15-11(2)13-16-17-14(18-13)12-8-6-4-5-7-9-12/h11-12,15H,3-10H2,1-2H3. The third-order valence-electron chi connectivity index (χ3n) is 3.73. The van der Waals surface area contributed by atoms with Crippen LogP contribution in [0.15, 0.2) is 0 Å². The van der Waals surface area contributed by atoms with Crippen molar-refractivity contribution in [1.82, 2.24) is 15.5 Å². The Morgan fingerprint density at radius 1 is 1.22 bits per heavy atom. The highest BCUT2D eigenvalue weighted by molar-refractivity contribution is 7.11. The summed E-state index contributed by atoms with van der Waals surface area (Å²) in [5, 5.41) is 14.7. The molecule has 0 aliphatic heterocycles. The molecule has 1 aromatic rings. The van der Waals surface area contributed by atoms with Crippen molar-refractivity contribution in [2.45, 2.75) is 70.8 Å². The van der Waals surface area contributed by atoms with E-state index in [1.807, 2.05) is 11.3 Å². The minimum Gasteiger partial charge on any atom is -0.308 e. The highest BCUT2D eigenvalue weighted by Gasteiger charge is 2.20. The first kappa shape index (κ1) is 13.9. The molecule has 1 saturated carbocycles. The molecule has 1 aliphatic rings. The van der Waals surface area contributed by atoms with Gasteiger partial charge in [-0.3, -0.25) is 0 Å². The highest BCUT2D eigenvalue weighted by atomic mass is 32.1. The molecule has 18 heavy (non-hydrogen) atoms. The van der Waals surface area contributed by atoms with Gasteiger partial charge in [-0.1, -0.05) is 43.9 Å². The maximum Gasteiger partial charge on any atom is 0.134 e. The third-order valence-corrected chi connectivity index (χ3v) is 5.00. The first-order valence-electron chi connectivity index (χ1n) is 7.38. The molecule has 0 amide bonds. The summed E-state index contributed by atoms with van der Waals surface area (Å²) in [6.45, 7) is 5.43. The summed E-state index contributed by atoms with van der Waals surface area (Å²) in [6.07, 6.45) is 9.31. The van der Waals surface area contributed by atoms with Crippen molar-refractivity contribution in [2.24, 2.45) is 0 Å². The van der Waals surface area contributed by atoms with Gasteiger partial charge in [-0.2, -0.15) is 0 Å². The second-order valence-corrected chi connectivity index (χ2v) is 6.38. The van der Waals surface area contributed by atoms with Crippen LogP contribution in [0.3, 0.4) is 0 Å². The lowest BCUT2D eigenvalue weighted by atomic mass is 10.0.